The predicted octanol–water partition coefficient (Wildman–Crippen LogP) is 3.04. The highest BCUT2D eigenvalue weighted by molar-refractivity contribution is 7.55. The average molecular weight is 342 g/mol. The monoisotopic (exact) mass is 342 g/mol. The molecule has 1 rings (SSSR count). The Morgan fingerprint density at radius 2 is 1.82 bits per heavy atom. The lowest BCUT2D eigenvalue weighted by atomic mass is 10.4. The van der Waals surface area contributed by atoms with Crippen molar-refractivity contribution < 1.29 is 31.5 Å². The van der Waals surface area contributed by atoms with Crippen LogP contribution >= 0.6 is 7.60 Å². The molecule has 0 aliphatic carbocycles. The second kappa shape index (κ2) is 7.52. The lowest BCUT2D eigenvalue weighted by Gasteiger charge is -2.36. The molecule has 0 saturated heterocycles. The van der Waals surface area contributed by atoms with Crippen molar-refractivity contribution in [2.45, 2.75) is 32.1 Å². The van der Waals surface area contributed by atoms with Crippen LogP contribution in [0.25, 0.3) is 0 Å². The number of pyridine rings is 1. The second-order valence-electron chi connectivity index (χ2n) is 4.14. The molecule has 0 spiro atoms. The minimum Gasteiger partial charge on any atom is -0.336 e. The summed E-state index contributed by atoms with van der Waals surface area (Å²) in [5.74, 6) is 0. The Balaban J connectivity index is 3.11. The predicted molar refractivity (Wildman–Crippen MR) is 72.9 cm³/mol. The van der Waals surface area contributed by atoms with Crippen molar-refractivity contribution in [3.05, 3.63) is 30.1 Å². The van der Waals surface area contributed by atoms with E-state index in [4.69, 9.17) is 19.5 Å². The van der Waals surface area contributed by atoms with Gasteiger partial charge in [0, 0.05) is 6.20 Å². The first-order valence-corrected chi connectivity index (χ1v) is 8.03. The van der Waals surface area contributed by atoms with Gasteiger partial charge in [0.25, 0.3) is 0 Å². The molecule has 22 heavy (non-hydrogen) atoms. The molecular formula is C12H18F3N2O4P. The molecule has 0 aliphatic rings. The van der Waals surface area contributed by atoms with E-state index in [0.29, 0.717) is 0 Å². The molecule has 1 heterocycles. The molecule has 0 bridgehead atoms. The summed E-state index contributed by atoms with van der Waals surface area (Å²) in [6.07, 6.45) is -3.78. The van der Waals surface area contributed by atoms with Crippen LogP contribution in [0.2, 0.25) is 0 Å². The summed E-state index contributed by atoms with van der Waals surface area (Å²) in [5.41, 5.74) is 1.90. The molecule has 0 aromatic carbocycles. The summed E-state index contributed by atoms with van der Waals surface area (Å²) in [6.45, 7) is 1.60. The van der Waals surface area contributed by atoms with Crippen molar-refractivity contribution in [1.82, 2.24) is 4.98 Å². The second-order valence-corrected chi connectivity index (χ2v) is 6.31. The zero-order chi connectivity index (χ0) is 16.9. The minimum absolute atomic E-state index is 0.195. The molecule has 2 N–H and O–H groups in total. The number of rotatable bonds is 8. The smallest absolute Gasteiger partial charge is 0.336 e. The Hall–Kier alpha value is -0.990. The quantitative estimate of drug-likeness (QED) is 0.577. The fraction of sp³-hybridized carbons (Fsp3) is 0.583. The summed E-state index contributed by atoms with van der Waals surface area (Å²) in [5, 5.41) is 0. The summed E-state index contributed by atoms with van der Waals surface area (Å²) in [6, 6.07) is 4.61. The van der Waals surface area contributed by atoms with Crippen molar-refractivity contribution in [3.8, 4) is 0 Å². The number of nitrogens with zero attached hydrogens (tertiary/aromatic N) is 1. The molecular weight excluding hydrogens is 324 g/mol. The van der Waals surface area contributed by atoms with E-state index in [1.54, 1.807) is 12.1 Å². The Bertz CT molecular complexity index is 505. The van der Waals surface area contributed by atoms with Crippen molar-refractivity contribution in [1.29, 1.82) is 0 Å². The van der Waals surface area contributed by atoms with Crippen molar-refractivity contribution in [3.63, 3.8) is 0 Å². The maximum absolute atomic E-state index is 13.3. The maximum atomic E-state index is 13.3. The molecule has 6 nitrogen and oxygen atoms in total. The summed E-state index contributed by atoms with van der Waals surface area (Å²) in [4.78, 5) is 3.82. The van der Waals surface area contributed by atoms with Gasteiger partial charge in [0.1, 0.15) is 0 Å². The fourth-order valence-corrected chi connectivity index (χ4v) is 3.22. The third kappa shape index (κ3) is 4.05. The molecule has 0 radical (unpaired) electrons. The number of alkyl halides is 3. The van der Waals surface area contributed by atoms with Crippen LogP contribution in [0.15, 0.2) is 24.4 Å². The van der Waals surface area contributed by atoms with Gasteiger partial charge >= 0.3 is 19.2 Å². The van der Waals surface area contributed by atoms with Crippen molar-refractivity contribution in [2.75, 3.05) is 13.2 Å². The van der Waals surface area contributed by atoms with E-state index < -0.39 is 25.8 Å². The van der Waals surface area contributed by atoms with Gasteiger partial charge in [-0.15, -0.1) is 0 Å². The maximum Gasteiger partial charge on any atom is 0.443 e. The lowest BCUT2D eigenvalue weighted by Crippen LogP contribution is -2.55. The van der Waals surface area contributed by atoms with Crippen molar-refractivity contribution in [2.24, 2.45) is 5.73 Å². The Labute approximate surface area is 126 Å². The fourth-order valence-electron chi connectivity index (χ4n) is 1.55. The zero-order valence-corrected chi connectivity index (χ0v) is 13.1. The molecule has 1 atom stereocenters. The highest BCUT2D eigenvalue weighted by Crippen LogP contribution is 2.63. The number of hydrogen-bond acceptors (Lipinski definition) is 6. The van der Waals surface area contributed by atoms with E-state index in [2.05, 4.69) is 4.98 Å². The van der Waals surface area contributed by atoms with Crippen LogP contribution in [0.3, 0.4) is 0 Å². The molecule has 0 aliphatic heterocycles. The van der Waals surface area contributed by atoms with E-state index >= 15 is 0 Å². The minimum atomic E-state index is -5.17. The number of halogens is 3. The van der Waals surface area contributed by atoms with Gasteiger partial charge in [-0.05, 0) is 26.0 Å². The zero-order valence-electron chi connectivity index (χ0n) is 12.2. The van der Waals surface area contributed by atoms with Gasteiger partial charge in [0.2, 0.25) is 0 Å². The van der Waals surface area contributed by atoms with E-state index in [1.165, 1.54) is 26.1 Å². The third-order valence-electron chi connectivity index (χ3n) is 2.58. The highest BCUT2D eigenvalue weighted by Gasteiger charge is 2.68. The molecule has 10 heteroatoms. The van der Waals surface area contributed by atoms with E-state index in [0.717, 1.165) is 0 Å². The van der Waals surface area contributed by atoms with Gasteiger partial charge < -0.3 is 13.8 Å². The van der Waals surface area contributed by atoms with Crippen LogP contribution in [0.5, 0.6) is 0 Å². The van der Waals surface area contributed by atoms with Gasteiger partial charge in [0.05, 0.1) is 25.5 Å². The molecule has 0 saturated carbocycles. The summed E-state index contributed by atoms with van der Waals surface area (Å²) >= 11 is 0. The van der Waals surface area contributed by atoms with Crippen molar-refractivity contribution >= 4 is 7.60 Å². The molecule has 126 valence electrons. The van der Waals surface area contributed by atoms with Crippen LogP contribution in [0, 0.1) is 0 Å². The van der Waals surface area contributed by atoms with E-state index in [-0.39, 0.29) is 18.9 Å². The standard InChI is InChI=1S/C12H18F3N2O4P/c1-3-20-22(18,21-4-2)12(16,11(13,14)15)19-9-10-7-5-6-8-17-10/h5-8H,3-4,9,16H2,1-2H3. The van der Waals surface area contributed by atoms with Crippen LogP contribution in [-0.2, 0) is 25.0 Å². The number of aromatic nitrogens is 1. The number of ether oxygens (including phenoxy) is 1. The third-order valence-corrected chi connectivity index (χ3v) is 4.97. The highest BCUT2D eigenvalue weighted by atomic mass is 31.2. The first kappa shape index (κ1) is 19.1. The van der Waals surface area contributed by atoms with Gasteiger partial charge in [0.15, 0.2) is 0 Å². The number of nitrogens with two attached hydrogens (primary N) is 1. The molecule has 1 unspecified atom stereocenters. The van der Waals surface area contributed by atoms with Gasteiger partial charge in [-0.2, -0.15) is 13.2 Å². The normalized spacial score (nSPS) is 15.5. The Kier molecular flexibility index (Phi) is 6.51. The van der Waals surface area contributed by atoms with Gasteiger partial charge in [-0.1, -0.05) is 6.07 Å². The molecule has 1 aromatic heterocycles. The first-order valence-electron chi connectivity index (χ1n) is 6.49. The van der Waals surface area contributed by atoms with Crippen LogP contribution in [-0.4, -0.2) is 29.8 Å². The van der Waals surface area contributed by atoms with Gasteiger partial charge in [-0.3, -0.25) is 15.3 Å². The SMILES string of the molecule is CCOP(=O)(OCC)C(N)(OCc1ccccn1)C(F)(F)F. The van der Waals surface area contributed by atoms with Gasteiger partial charge in [-0.25, -0.2) is 0 Å². The topological polar surface area (TPSA) is 83.7 Å². The largest absolute Gasteiger partial charge is 0.443 e. The molecule has 0 fully saturated rings. The van der Waals surface area contributed by atoms with Crippen LogP contribution in [0.4, 0.5) is 13.2 Å². The summed E-state index contributed by atoms with van der Waals surface area (Å²) < 4.78 is 66.6. The molecule has 0 amide bonds. The lowest BCUT2D eigenvalue weighted by molar-refractivity contribution is -0.251. The summed E-state index contributed by atoms with van der Waals surface area (Å²) in [7, 11) is -4.80. The Morgan fingerprint density at radius 1 is 1.23 bits per heavy atom. The van der Waals surface area contributed by atoms with Crippen LogP contribution in [0.1, 0.15) is 19.5 Å². The van der Waals surface area contributed by atoms with E-state index in [1.807, 2.05) is 0 Å². The average Bonchev–Trinajstić information content (AvgIpc) is 2.45. The Morgan fingerprint density at radius 3 is 2.23 bits per heavy atom. The van der Waals surface area contributed by atoms with E-state index in [9.17, 15) is 17.7 Å². The number of hydrogen-bond donors (Lipinski definition) is 1. The van der Waals surface area contributed by atoms with Crippen LogP contribution < -0.4 is 5.73 Å². The first-order chi connectivity index (χ1) is 10.2. The molecule has 1 aromatic rings.